The number of carbonyl (C=O) groups excluding carboxylic acids is 2. The van der Waals surface area contributed by atoms with E-state index in [2.05, 4.69) is 5.32 Å². The van der Waals surface area contributed by atoms with Gasteiger partial charge in [0.1, 0.15) is 0 Å². The summed E-state index contributed by atoms with van der Waals surface area (Å²) < 4.78 is 0. The molecule has 1 unspecified atom stereocenters. The predicted octanol–water partition coefficient (Wildman–Crippen LogP) is 3.50. The number of hydrogen-bond acceptors (Lipinski definition) is 4. The number of nitrogens with one attached hydrogen (secondary N) is 1. The van der Waals surface area contributed by atoms with Crippen LogP contribution in [0.2, 0.25) is 0 Å². The van der Waals surface area contributed by atoms with Gasteiger partial charge in [-0.15, -0.1) is 11.8 Å². The van der Waals surface area contributed by atoms with Crippen LogP contribution in [-0.4, -0.2) is 34.3 Å². The Balaban J connectivity index is 1.75. The summed E-state index contributed by atoms with van der Waals surface area (Å²) in [5, 5.41) is 11.7. The first-order valence-electron chi connectivity index (χ1n) is 8.23. The van der Waals surface area contributed by atoms with Gasteiger partial charge in [0.15, 0.2) is 5.78 Å². The summed E-state index contributed by atoms with van der Waals surface area (Å²) in [6, 6.07) is 16.1. The molecule has 1 amide bonds. The van der Waals surface area contributed by atoms with Crippen molar-refractivity contribution in [1.29, 1.82) is 0 Å². The molecule has 0 aliphatic carbocycles. The highest BCUT2D eigenvalue weighted by atomic mass is 32.2. The van der Waals surface area contributed by atoms with Crippen molar-refractivity contribution in [1.82, 2.24) is 0 Å². The lowest BCUT2D eigenvalue weighted by Gasteiger charge is -2.08. The zero-order chi connectivity index (χ0) is 18.9. The normalized spacial score (nSPS) is 11.6. The van der Waals surface area contributed by atoms with Gasteiger partial charge in [0.05, 0.1) is 17.4 Å². The Morgan fingerprint density at radius 2 is 1.65 bits per heavy atom. The van der Waals surface area contributed by atoms with Crippen LogP contribution in [0.1, 0.15) is 22.8 Å². The number of carbonyl (C=O) groups is 3. The molecule has 0 fully saturated rings. The van der Waals surface area contributed by atoms with E-state index < -0.39 is 11.9 Å². The lowest BCUT2D eigenvalue weighted by atomic mass is 10.0. The van der Waals surface area contributed by atoms with E-state index >= 15 is 0 Å². The lowest BCUT2D eigenvalue weighted by molar-refractivity contribution is -0.141. The number of Topliss-reactive ketones (excluding diaryl/α,β-unsaturated/α-hetero) is 1. The number of aliphatic carboxylic acids is 1. The predicted molar refractivity (Wildman–Crippen MR) is 104 cm³/mol. The van der Waals surface area contributed by atoms with Gasteiger partial charge in [-0.2, -0.15) is 0 Å². The molecule has 2 aromatic carbocycles. The summed E-state index contributed by atoms with van der Waals surface area (Å²) in [5.74, 6) is -1.01. The van der Waals surface area contributed by atoms with Crippen LogP contribution in [0.4, 0.5) is 5.69 Å². The summed E-state index contributed by atoms with van der Waals surface area (Å²) in [4.78, 5) is 34.8. The van der Waals surface area contributed by atoms with Crippen LogP contribution in [0.3, 0.4) is 0 Å². The van der Waals surface area contributed by atoms with Crippen molar-refractivity contribution in [2.75, 3.05) is 16.8 Å². The second-order valence-electron chi connectivity index (χ2n) is 5.97. The van der Waals surface area contributed by atoms with Gasteiger partial charge in [0.25, 0.3) is 0 Å². The topological polar surface area (TPSA) is 83.5 Å². The van der Waals surface area contributed by atoms with Crippen LogP contribution < -0.4 is 5.32 Å². The molecule has 0 aliphatic rings. The molecule has 0 heterocycles. The van der Waals surface area contributed by atoms with Crippen LogP contribution in [0.25, 0.3) is 0 Å². The highest BCUT2D eigenvalue weighted by Crippen LogP contribution is 2.14. The van der Waals surface area contributed by atoms with E-state index in [0.717, 1.165) is 5.56 Å². The zero-order valence-corrected chi connectivity index (χ0v) is 15.3. The first-order chi connectivity index (χ1) is 12.5. The molecule has 5 nitrogen and oxygen atoms in total. The van der Waals surface area contributed by atoms with Gasteiger partial charge in [-0.25, -0.2) is 0 Å². The lowest BCUT2D eigenvalue weighted by Crippen LogP contribution is -2.16. The summed E-state index contributed by atoms with van der Waals surface area (Å²) in [6.07, 6.45) is 0.445. The Hall–Kier alpha value is -2.60. The number of hydrogen-bond donors (Lipinski definition) is 2. The summed E-state index contributed by atoms with van der Waals surface area (Å²) in [6.45, 7) is 1.66. The number of rotatable bonds is 9. The van der Waals surface area contributed by atoms with Crippen LogP contribution in [0.15, 0.2) is 54.6 Å². The number of ketones is 1. The van der Waals surface area contributed by atoms with E-state index in [4.69, 9.17) is 5.11 Å². The maximum atomic E-state index is 12.0. The molecule has 0 radical (unpaired) electrons. The molecule has 0 saturated carbocycles. The van der Waals surface area contributed by atoms with Crippen molar-refractivity contribution in [3.8, 4) is 0 Å². The fourth-order valence-electron chi connectivity index (χ4n) is 2.31. The largest absolute Gasteiger partial charge is 0.481 e. The van der Waals surface area contributed by atoms with Gasteiger partial charge < -0.3 is 10.4 Å². The number of anilines is 1. The van der Waals surface area contributed by atoms with Crippen LogP contribution >= 0.6 is 11.8 Å². The Kier molecular flexibility index (Phi) is 7.41. The molecule has 26 heavy (non-hydrogen) atoms. The third-order valence-electron chi connectivity index (χ3n) is 3.76. The van der Waals surface area contributed by atoms with Crippen molar-refractivity contribution >= 4 is 35.1 Å². The van der Waals surface area contributed by atoms with Crippen molar-refractivity contribution in [2.45, 2.75) is 13.3 Å². The Labute approximate surface area is 156 Å². The van der Waals surface area contributed by atoms with E-state index in [0.29, 0.717) is 17.7 Å². The molecule has 2 rings (SSSR count). The maximum absolute atomic E-state index is 12.0. The van der Waals surface area contributed by atoms with Gasteiger partial charge in [-0.1, -0.05) is 49.4 Å². The van der Waals surface area contributed by atoms with E-state index in [1.54, 1.807) is 43.3 Å². The minimum absolute atomic E-state index is 0.000281. The highest BCUT2D eigenvalue weighted by molar-refractivity contribution is 8.00. The van der Waals surface area contributed by atoms with E-state index in [1.165, 1.54) is 11.8 Å². The van der Waals surface area contributed by atoms with Crippen LogP contribution in [-0.2, 0) is 16.0 Å². The van der Waals surface area contributed by atoms with Crippen LogP contribution in [0.5, 0.6) is 0 Å². The van der Waals surface area contributed by atoms with Gasteiger partial charge in [-0.3, -0.25) is 14.4 Å². The molecule has 0 bridgehead atoms. The minimum atomic E-state index is -0.829. The third-order valence-corrected chi connectivity index (χ3v) is 4.70. The van der Waals surface area contributed by atoms with E-state index in [-0.39, 0.29) is 23.2 Å². The monoisotopic (exact) mass is 371 g/mol. The third kappa shape index (κ3) is 6.37. The van der Waals surface area contributed by atoms with Crippen molar-refractivity contribution in [3.05, 3.63) is 65.7 Å². The van der Waals surface area contributed by atoms with Crippen LogP contribution in [0, 0.1) is 5.92 Å². The molecule has 2 N–H and O–H groups in total. The smallest absolute Gasteiger partial charge is 0.306 e. The van der Waals surface area contributed by atoms with Gasteiger partial charge >= 0.3 is 5.97 Å². The highest BCUT2D eigenvalue weighted by Gasteiger charge is 2.12. The summed E-state index contributed by atoms with van der Waals surface area (Å²) in [5.41, 5.74) is 2.20. The van der Waals surface area contributed by atoms with E-state index in [9.17, 15) is 14.4 Å². The summed E-state index contributed by atoms with van der Waals surface area (Å²) >= 11 is 1.27. The summed E-state index contributed by atoms with van der Waals surface area (Å²) in [7, 11) is 0. The first kappa shape index (κ1) is 19.7. The Morgan fingerprint density at radius 1 is 1.00 bits per heavy atom. The zero-order valence-electron chi connectivity index (χ0n) is 14.5. The molecule has 0 saturated heterocycles. The number of carboxylic acid groups (broad SMARTS) is 1. The fraction of sp³-hybridized carbons (Fsp3) is 0.250. The average molecular weight is 371 g/mol. The maximum Gasteiger partial charge on any atom is 0.306 e. The molecular weight excluding hydrogens is 350 g/mol. The first-order valence-corrected chi connectivity index (χ1v) is 9.39. The van der Waals surface area contributed by atoms with Crippen molar-refractivity contribution in [2.24, 2.45) is 5.92 Å². The minimum Gasteiger partial charge on any atom is -0.481 e. The number of benzene rings is 2. The SMILES string of the molecule is CC(Cc1ccc(NC(=O)CSCC(=O)c2ccccc2)cc1)C(=O)O. The average Bonchev–Trinajstić information content (AvgIpc) is 2.63. The molecule has 0 spiro atoms. The quantitative estimate of drug-likeness (QED) is 0.659. The fourth-order valence-corrected chi connectivity index (χ4v) is 3.02. The molecular formula is C20H21NO4S. The molecule has 0 aromatic heterocycles. The Morgan fingerprint density at radius 3 is 2.27 bits per heavy atom. The molecule has 0 aliphatic heterocycles. The molecule has 136 valence electrons. The van der Waals surface area contributed by atoms with Gasteiger partial charge in [0, 0.05) is 11.3 Å². The second-order valence-corrected chi connectivity index (χ2v) is 6.96. The number of carboxylic acids is 1. The Bertz CT molecular complexity index is 759. The molecule has 1 atom stereocenters. The van der Waals surface area contributed by atoms with E-state index in [1.807, 2.05) is 18.2 Å². The van der Waals surface area contributed by atoms with Gasteiger partial charge in [0.2, 0.25) is 5.91 Å². The standard InChI is InChI=1S/C20H21NO4S/c1-14(20(24)25)11-15-7-9-17(10-8-15)21-19(23)13-26-12-18(22)16-5-3-2-4-6-16/h2-10,14H,11-13H2,1H3,(H,21,23)(H,24,25). The number of amides is 1. The van der Waals surface area contributed by atoms with Crippen molar-refractivity contribution < 1.29 is 19.5 Å². The molecule has 6 heteroatoms. The number of thioether (sulfide) groups is 1. The van der Waals surface area contributed by atoms with Crippen molar-refractivity contribution in [3.63, 3.8) is 0 Å². The van der Waals surface area contributed by atoms with Gasteiger partial charge in [-0.05, 0) is 24.1 Å². The molecule has 2 aromatic rings. The second kappa shape index (κ2) is 9.77.